The fourth-order valence-corrected chi connectivity index (χ4v) is 5.45. The lowest BCUT2D eigenvalue weighted by atomic mass is 9.97. The Kier molecular flexibility index (Phi) is 5.58. The number of carbonyl (C=O) groups is 1. The topological polar surface area (TPSA) is 70.1 Å². The predicted molar refractivity (Wildman–Crippen MR) is 129 cm³/mol. The van der Waals surface area contributed by atoms with Gasteiger partial charge in [-0.25, -0.2) is 4.98 Å². The van der Waals surface area contributed by atoms with E-state index in [0.29, 0.717) is 19.1 Å². The number of thiazole rings is 1. The number of rotatable bonds is 4. The molecule has 3 aliphatic heterocycles. The second-order valence-electron chi connectivity index (χ2n) is 8.48. The molecule has 0 saturated carbocycles. The van der Waals surface area contributed by atoms with Crippen molar-refractivity contribution >= 4 is 23.3 Å². The Morgan fingerprint density at radius 3 is 2.56 bits per heavy atom. The van der Waals surface area contributed by atoms with Crippen LogP contribution >= 0.6 is 11.3 Å². The molecule has 7 nitrogen and oxygen atoms in total. The standard InChI is InChI=1S/C26H24N2O5S/c29-25(6-2-17-1-4-22-23(13-17)33-16-32-22)28-9-7-18(8-10-28)26-27-20(15-34-26)19-3-5-21-24(14-19)31-12-11-30-21/h1-6,13-15,18H,7-12,16H2. The number of ether oxygens (including phenoxy) is 4. The summed E-state index contributed by atoms with van der Waals surface area (Å²) in [5, 5.41) is 3.24. The van der Waals surface area contributed by atoms with Crippen LogP contribution in [-0.4, -0.2) is 48.9 Å². The van der Waals surface area contributed by atoms with Gasteiger partial charge in [0.2, 0.25) is 12.7 Å². The van der Waals surface area contributed by atoms with Gasteiger partial charge in [-0.2, -0.15) is 0 Å². The van der Waals surface area contributed by atoms with Gasteiger partial charge in [0.25, 0.3) is 0 Å². The molecular weight excluding hydrogens is 452 g/mol. The molecule has 1 fully saturated rings. The molecule has 4 heterocycles. The van der Waals surface area contributed by atoms with Crippen LogP contribution in [0.3, 0.4) is 0 Å². The molecule has 0 radical (unpaired) electrons. The molecule has 2 aromatic carbocycles. The summed E-state index contributed by atoms with van der Waals surface area (Å²) >= 11 is 1.69. The molecule has 3 aromatic rings. The molecule has 0 atom stereocenters. The van der Waals surface area contributed by atoms with E-state index in [0.717, 1.165) is 70.8 Å². The Hall–Kier alpha value is -3.52. The molecular formula is C26H24N2O5S. The van der Waals surface area contributed by atoms with Crippen molar-refractivity contribution in [3.05, 3.63) is 58.4 Å². The van der Waals surface area contributed by atoms with Gasteiger partial charge in [-0.05, 0) is 54.8 Å². The Morgan fingerprint density at radius 2 is 1.68 bits per heavy atom. The van der Waals surface area contributed by atoms with E-state index in [1.807, 2.05) is 47.4 Å². The van der Waals surface area contributed by atoms with Crippen molar-refractivity contribution in [1.29, 1.82) is 0 Å². The molecule has 0 bridgehead atoms. The van der Waals surface area contributed by atoms with Gasteiger partial charge in [-0.3, -0.25) is 4.79 Å². The van der Waals surface area contributed by atoms with Crippen LogP contribution in [0.1, 0.15) is 29.3 Å². The normalized spacial score (nSPS) is 17.4. The van der Waals surface area contributed by atoms with Crippen LogP contribution in [0.2, 0.25) is 0 Å². The highest BCUT2D eigenvalue weighted by molar-refractivity contribution is 7.10. The molecule has 0 unspecified atom stereocenters. The van der Waals surface area contributed by atoms with Gasteiger partial charge in [0, 0.05) is 36.0 Å². The second-order valence-corrected chi connectivity index (χ2v) is 9.36. The second kappa shape index (κ2) is 9.02. The maximum atomic E-state index is 12.7. The largest absolute Gasteiger partial charge is 0.486 e. The van der Waals surface area contributed by atoms with Crippen molar-refractivity contribution in [3.8, 4) is 34.3 Å². The van der Waals surface area contributed by atoms with Crippen LogP contribution in [0.4, 0.5) is 0 Å². The summed E-state index contributed by atoms with van der Waals surface area (Å²) in [6, 6.07) is 11.7. The number of hydrogen-bond acceptors (Lipinski definition) is 7. The SMILES string of the molecule is O=C(C=Cc1ccc2c(c1)OCO2)N1CCC(c2nc(-c3ccc4c(c3)OCCO4)cs2)CC1. The first-order valence-corrected chi connectivity index (χ1v) is 12.3. The highest BCUT2D eigenvalue weighted by Crippen LogP contribution is 2.37. The summed E-state index contributed by atoms with van der Waals surface area (Å²) in [5.41, 5.74) is 2.91. The Labute approximate surface area is 201 Å². The summed E-state index contributed by atoms with van der Waals surface area (Å²) in [6.45, 7) is 2.86. The Bertz CT molecular complexity index is 1250. The minimum atomic E-state index is 0.0345. The van der Waals surface area contributed by atoms with Crippen LogP contribution < -0.4 is 18.9 Å². The molecule has 0 aliphatic carbocycles. The zero-order valence-electron chi connectivity index (χ0n) is 18.6. The average Bonchev–Trinajstić information content (AvgIpc) is 3.57. The molecule has 0 spiro atoms. The van der Waals surface area contributed by atoms with Gasteiger partial charge in [0.15, 0.2) is 23.0 Å². The lowest BCUT2D eigenvalue weighted by Gasteiger charge is -2.30. The van der Waals surface area contributed by atoms with E-state index < -0.39 is 0 Å². The fourth-order valence-electron chi connectivity index (χ4n) is 4.45. The van der Waals surface area contributed by atoms with E-state index in [1.165, 1.54) is 0 Å². The number of fused-ring (bicyclic) bond motifs is 2. The average molecular weight is 477 g/mol. The minimum absolute atomic E-state index is 0.0345. The molecule has 3 aliphatic rings. The predicted octanol–water partition coefficient (Wildman–Crippen LogP) is 4.73. The van der Waals surface area contributed by atoms with Crippen molar-refractivity contribution in [3.63, 3.8) is 0 Å². The molecule has 8 heteroatoms. The van der Waals surface area contributed by atoms with Crippen LogP contribution in [-0.2, 0) is 4.79 Å². The number of aromatic nitrogens is 1. The van der Waals surface area contributed by atoms with Crippen LogP contribution in [0, 0.1) is 0 Å². The van der Waals surface area contributed by atoms with Gasteiger partial charge < -0.3 is 23.8 Å². The minimum Gasteiger partial charge on any atom is -0.486 e. The maximum Gasteiger partial charge on any atom is 0.246 e. The zero-order chi connectivity index (χ0) is 22.9. The lowest BCUT2D eigenvalue weighted by Crippen LogP contribution is -2.36. The number of nitrogens with zero attached hydrogens (tertiary/aromatic N) is 2. The third kappa shape index (κ3) is 4.21. The van der Waals surface area contributed by atoms with E-state index in [9.17, 15) is 4.79 Å². The van der Waals surface area contributed by atoms with Crippen molar-refractivity contribution in [2.75, 3.05) is 33.1 Å². The fraction of sp³-hybridized carbons (Fsp3) is 0.308. The first kappa shape index (κ1) is 21.0. The highest BCUT2D eigenvalue weighted by Gasteiger charge is 2.25. The molecule has 6 rings (SSSR count). The summed E-state index contributed by atoms with van der Waals surface area (Å²) in [6.07, 6.45) is 5.30. The van der Waals surface area contributed by atoms with Crippen LogP contribution in [0.5, 0.6) is 23.0 Å². The first-order valence-electron chi connectivity index (χ1n) is 11.4. The monoisotopic (exact) mass is 476 g/mol. The van der Waals surface area contributed by atoms with E-state index in [4.69, 9.17) is 23.9 Å². The van der Waals surface area contributed by atoms with Crippen molar-refractivity contribution in [2.24, 2.45) is 0 Å². The lowest BCUT2D eigenvalue weighted by molar-refractivity contribution is -0.126. The maximum absolute atomic E-state index is 12.7. The Morgan fingerprint density at radius 1 is 0.941 bits per heavy atom. The number of benzene rings is 2. The number of carbonyl (C=O) groups excluding carboxylic acids is 1. The van der Waals surface area contributed by atoms with Gasteiger partial charge in [0.1, 0.15) is 13.2 Å². The molecule has 34 heavy (non-hydrogen) atoms. The number of amides is 1. The summed E-state index contributed by atoms with van der Waals surface area (Å²) in [4.78, 5) is 19.5. The van der Waals surface area contributed by atoms with Crippen molar-refractivity contribution in [2.45, 2.75) is 18.8 Å². The molecule has 174 valence electrons. The third-order valence-electron chi connectivity index (χ3n) is 6.33. The van der Waals surface area contributed by atoms with Crippen LogP contribution in [0.15, 0.2) is 47.9 Å². The quantitative estimate of drug-likeness (QED) is 0.507. The first-order chi connectivity index (χ1) is 16.7. The van der Waals surface area contributed by atoms with Gasteiger partial charge in [-0.15, -0.1) is 11.3 Å². The van der Waals surface area contributed by atoms with Crippen molar-refractivity contribution < 1.29 is 23.7 Å². The molecule has 1 amide bonds. The van der Waals surface area contributed by atoms with E-state index in [-0.39, 0.29) is 12.7 Å². The van der Waals surface area contributed by atoms with Gasteiger partial charge >= 0.3 is 0 Å². The molecule has 1 saturated heterocycles. The third-order valence-corrected chi connectivity index (χ3v) is 7.34. The highest BCUT2D eigenvalue weighted by atomic mass is 32.1. The molecule has 0 N–H and O–H groups in total. The Balaban J connectivity index is 1.06. The van der Waals surface area contributed by atoms with Gasteiger partial charge in [-0.1, -0.05) is 6.07 Å². The number of hydrogen-bond donors (Lipinski definition) is 0. The van der Waals surface area contributed by atoms with Crippen LogP contribution in [0.25, 0.3) is 17.3 Å². The zero-order valence-corrected chi connectivity index (χ0v) is 19.4. The van der Waals surface area contributed by atoms with E-state index in [2.05, 4.69) is 5.38 Å². The number of piperidine rings is 1. The molecule has 1 aromatic heterocycles. The van der Waals surface area contributed by atoms with E-state index in [1.54, 1.807) is 17.4 Å². The number of likely N-dealkylation sites (tertiary alicyclic amines) is 1. The summed E-state index contributed by atoms with van der Waals surface area (Å²) < 4.78 is 22.1. The van der Waals surface area contributed by atoms with Gasteiger partial charge in [0.05, 0.1) is 10.7 Å². The van der Waals surface area contributed by atoms with Crippen molar-refractivity contribution in [1.82, 2.24) is 9.88 Å². The van der Waals surface area contributed by atoms with E-state index >= 15 is 0 Å². The smallest absolute Gasteiger partial charge is 0.246 e. The summed E-state index contributed by atoms with van der Waals surface area (Å²) in [7, 11) is 0. The summed E-state index contributed by atoms with van der Waals surface area (Å²) in [5.74, 6) is 3.43.